The van der Waals surface area contributed by atoms with E-state index in [1.54, 1.807) is 0 Å². The Bertz CT molecular complexity index is 1950. The largest absolute Gasteiger partial charge is 0.344 e. The molecule has 3 heterocycles. The Labute approximate surface area is 219 Å². The highest BCUT2D eigenvalue weighted by Crippen LogP contribution is 2.39. The number of rotatable bonds is 4. The van der Waals surface area contributed by atoms with Crippen LogP contribution in [0.1, 0.15) is 20.7 Å². The second-order valence-electron chi connectivity index (χ2n) is 9.94. The van der Waals surface area contributed by atoms with E-state index in [1.165, 1.54) is 0 Å². The minimum Gasteiger partial charge on any atom is -0.344 e. The first-order valence-corrected chi connectivity index (χ1v) is 12.6. The maximum Gasteiger partial charge on any atom is 0.152 e. The van der Waals surface area contributed by atoms with Gasteiger partial charge in [0, 0.05) is 75.9 Å². The summed E-state index contributed by atoms with van der Waals surface area (Å²) in [5.41, 5.74) is 9.50. The van der Waals surface area contributed by atoms with Crippen molar-refractivity contribution in [1.29, 1.82) is 0 Å². The van der Waals surface area contributed by atoms with Crippen LogP contribution in [0.25, 0.3) is 66.1 Å². The van der Waals surface area contributed by atoms with Crippen molar-refractivity contribution in [3.05, 3.63) is 96.1 Å². The molecule has 0 saturated heterocycles. The molecular weight excluding hydrogens is 470 g/mol. The van der Waals surface area contributed by atoms with Gasteiger partial charge < -0.3 is 13.7 Å². The van der Waals surface area contributed by atoms with Gasteiger partial charge >= 0.3 is 0 Å². The summed E-state index contributed by atoms with van der Waals surface area (Å²) >= 11 is 0. The lowest BCUT2D eigenvalue weighted by atomic mass is 10.0. The summed E-state index contributed by atoms with van der Waals surface area (Å²) in [5, 5.41) is 4.13. The number of carbonyl (C=O) groups excluding carboxylic acids is 2. The third-order valence-corrected chi connectivity index (χ3v) is 8.08. The van der Waals surface area contributed by atoms with Crippen molar-refractivity contribution in [3.8, 4) is 22.5 Å². The number of benzene rings is 4. The number of para-hydroxylation sites is 2. The first-order valence-electron chi connectivity index (χ1n) is 12.6. The van der Waals surface area contributed by atoms with Crippen molar-refractivity contribution in [2.24, 2.45) is 21.1 Å². The number of aryl methyl sites for hydroxylation is 3. The lowest BCUT2D eigenvalue weighted by Gasteiger charge is -2.08. The van der Waals surface area contributed by atoms with Gasteiger partial charge in [-0.05, 0) is 47.5 Å². The molecule has 0 radical (unpaired) electrons. The maximum atomic E-state index is 12.2. The molecule has 38 heavy (non-hydrogen) atoms. The summed E-state index contributed by atoms with van der Waals surface area (Å²) in [7, 11) is 6.10. The summed E-state index contributed by atoms with van der Waals surface area (Å²) in [5.74, 6) is 0. The molecule has 0 N–H and O–H groups in total. The van der Waals surface area contributed by atoms with Gasteiger partial charge in [0.1, 0.15) is 0 Å². The van der Waals surface area contributed by atoms with Crippen LogP contribution >= 0.6 is 0 Å². The standard InChI is InChI=1S/C33H25N3O2/c1-34-30-14-12-20(32-26(18-37)22-8-4-6-10-28(22)35(32)2)16-24(30)25-17-21(13-15-31(25)34)33-27(19-38)23-9-5-7-11-29(23)36(33)3/h4-19H,1-3H3. The van der Waals surface area contributed by atoms with Gasteiger partial charge in [0.15, 0.2) is 12.6 Å². The minimum atomic E-state index is 0.703. The van der Waals surface area contributed by atoms with E-state index >= 15 is 0 Å². The zero-order chi connectivity index (χ0) is 26.1. The molecule has 184 valence electrons. The molecule has 0 aliphatic heterocycles. The number of aromatic nitrogens is 3. The smallest absolute Gasteiger partial charge is 0.152 e. The van der Waals surface area contributed by atoms with Crippen LogP contribution < -0.4 is 0 Å². The SMILES string of the molecule is Cn1c(-c2ccc3c(c2)c2cc(-c4c(C=O)c5ccccc5n4C)ccc2n3C)c(C=O)c2ccccc21. The second-order valence-corrected chi connectivity index (χ2v) is 9.94. The lowest BCUT2D eigenvalue weighted by Crippen LogP contribution is -1.94. The Morgan fingerprint density at radius 1 is 0.474 bits per heavy atom. The third-order valence-electron chi connectivity index (χ3n) is 8.08. The van der Waals surface area contributed by atoms with Crippen LogP contribution in [0, 0.1) is 0 Å². The highest BCUT2D eigenvalue weighted by Gasteiger charge is 2.20. The van der Waals surface area contributed by atoms with Crippen molar-refractivity contribution in [2.45, 2.75) is 0 Å². The van der Waals surface area contributed by atoms with E-state index in [-0.39, 0.29) is 0 Å². The maximum absolute atomic E-state index is 12.2. The van der Waals surface area contributed by atoms with E-state index in [1.807, 2.05) is 62.6 Å². The van der Waals surface area contributed by atoms with E-state index in [2.05, 4.69) is 57.1 Å². The molecule has 0 unspecified atom stereocenters. The van der Waals surface area contributed by atoms with E-state index in [9.17, 15) is 9.59 Å². The van der Waals surface area contributed by atoms with Crippen LogP contribution in [0.2, 0.25) is 0 Å². The van der Waals surface area contributed by atoms with Gasteiger partial charge in [0.25, 0.3) is 0 Å². The van der Waals surface area contributed by atoms with Crippen LogP contribution in [0.4, 0.5) is 0 Å². The predicted molar refractivity (Wildman–Crippen MR) is 155 cm³/mol. The Hall–Kier alpha value is -4.90. The topological polar surface area (TPSA) is 48.9 Å². The summed E-state index contributed by atoms with van der Waals surface area (Å²) in [6, 6.07) is 28.8. The van der Waals surface area contributed by atoms with Crippen LogP contribution in [0.5, 0.6) is 0 Å². The number of carbonyl (C=O) groups is 2. The van der Waals surface area contributed by atoms with Crippen LogP contribution in [0.3, 0.4) is 0 Å². The molecule has 0 aliphatic carbocycles. The monoisotopic (exact) mass is 495 g/mol. The average molecular weight is 496 g/mol. The number of hydrogen-bond acceptors (Lipinski definition) is 2. The van der Waals surface area contributed by atoms with E-state index < -0.39 is 0 Å². The highest BCUT2D eigenvalue weighted by molar-refractivity contribution is 6.13. The summed E-state index contributed by atoms with van der Waals surface area (Å²) in [6.07, 6.45) is 1.92. The Balaban J connectivity index is 1.51. The van der Waals surface area contributed by atoms with Crippen LogP contribution in [-0.4, -0.2) is 26.3 Å². The van der Waals surface area contributed by atoms with Crippen LogP contribution in [-0.2, 0) is 21.1 Å². The molecular formula is C33H25N3O2. The summed E-state index contributed by atoms with van der Waals surface area (Å²) in [6.45, 7) is 0. The van der Waals surface area contributed by atoms with Crippen molar-refractivity contribution in [1.82, 2.24) is 13.7 Å². The van der Waals surface area contributed by atoms with Gasteiger partial charge in [-0.3, -0.25) is 9.59 Å². The molecule has 0 saturated carbocycles. The molecule has 0 fully saturated rings. The molecule has 7 rings (SSSR count). The molecule has 5 nitrogen and oxygen atoms in total. The van der Waals surface area contributed by atoms with Gasteiger partial charge in [0.05, 0.1) is 11.4 Å². The molecule has 0 amide bonds. The zero-order valence-corrected chi connectivity index (χ0v) is 21.4. The molecule has 5 heteroatoms. The van der Waals surface area contributed by atoms with Gasteiger partial charge in [-0.2, -0.15) is 0 Å². The lowest BCUT2D eigenvalue weighted by molar-refractivity contribution is 0.111. The predicted octanol–water partition coefficient (Wildman–Crippen LogP) is 7.27. The average Bonchev–Trinajstić information content (AvgIpc) is 3.53. The molecule has 0 atom stereocenters. The molecule has 3 aromatic heterocycles. The number of hydrogen-bond donors (Lipinski definition) is 0. The first kappa shape index (κ1) is 22.3. The molecule has 0 bridgehead atoms. The van der Waals surface area contributed by atoms with Gasteiger partial charge in [0.2, 0.25) is 0 Å². The Kier molecular flexibility index (Phi) is 4.73. The molecule has 0 spiro atoms. The number of fused-ring (bicyclic) bond motifs is 5. The number of aldehydes is 2. The van der Waals surface area contributed by atoms with Crippen molar-refractivity contribution in [2.75, 3.05) is 0 Å². The van der Waals surface area contributed by atoms with Crippen molar-refractivity contribution >= 4 is 56.2 Å². The van der Waals surface area contributed by atoms with E-state index in [0.29, 0.717) is 11.1 Å². The molecule has 7 aromatic rings. The third kappa shape index (κ3) is 2.87. The minimum absolute atomic E-state index is 0.703. The van der Waals surface area contributed by atoms with Crippen molar-refractivity contribution in [3.63, 3.8) is 0 Å². The normalized spacial score (nSPS) is 11.8. The first-order chi connectivity index (χ1) is 18.5. The molecule has 0 aliphatic rings. The fourth-order valence-corrected chi connectivity index (χ4v) is 6.29. The number of nitrogens with zero attached hydrogens (tertiary/aromatic N) is 3. The summed E-state index contributed by atoms with van der Waals surface area (Å²) in [4.78, 5) is 24.5. The fourth-order valence-electron chi connectivity index (χ4n) is 6.29. The quantitative estimate of drug-likeness (QED) is 0.241. The van der Waals surface area contributed by atoms with Gasteiger partial charge in [-0.25, -0.2) is 0 Å². The van der Waals surface area contributed by atoms with E-state index in [4.69, 9.17) is 0 Å². The highest BCUT2D eigenvalue weighted by atomic mass is 16.1. The summed E-state index contributed by atoms with van der Waals surface area (Å²) < 4.78 is 6.40. The van der Waals surface area contributed by atoms with Crippen molar-refractivity contribution < 1.29 is 9.59 Å². The van der Waals surface area contributed by atoms with Gasteiger partial charge in [-0.1, -0.05) is 48.5 Å². The van der Waals surface area contributed by atoms with Crippen LogP contribution in [0.15, 0.2) is 84.9 Å². The zero-order valence-electron chi connectivity index (χ0n) is 21.4. The Morgan fingerprint density at radius 2 is 0.868 bits per heavy atom. The second kappa shape index (κ2) is 8.05. The van der Waals surface area contributed by atoms with Gasteiger partial charge in [-0.15, -0.1) is 0 Å². The molecule has 4 aromatic carbocycles. The fraction of sp³-hybridized carbons (Fsp3) is 0.0909. The Morgan fingerprint density at radius 3 is 1.29 bits per heavy atom. The van der Waals surface area contributed by atoms with E-state index in [0.717, 1.165) is 78.7 Å².